The number of carbonyl (C=O) groups excluding carboxylic acids is 2. The van der Waals surface area contributed by atoms with E-state index in [4.69, 9.17) is 26.2 Å². The maximum atomic E-state index is 15.3. The number of ether oxygens (including phenoxy) is 2. The molecule has 3 aromatic rings. The second kappa shape index (κ2) is 11.7. The van der Waals surface area contributed by atoms with Gasteiger partial charge in [0, 0.05) is 30.9 Å². The molecule has 2 atom stereocenters. The smallest absolute Gasteiger partial charge is 0.309 e. The van der Waals surface area contributed by atoms with Gasteiger partial charge in [0.05, 0.1) is 16.5 Å². The van der Waals surface area contributed by atoms with E-state index in [1.54, 1.807) is 60.0 Å². The Labute approximate surface area is 241 Å². The number of carboxylic acids is 1. The van der Waals surface area contributed by atoms with Gasteiger partial charge >= 0.3 is 5.97 Å². The van der Waals surface area contributed by atoms with Gasteiger partial charge in [0.1, 0.15) is 23.9 Å². The molecule has 214 valence electrons. The number of para-hydroxylation sites is 1. The molecule has 41 heavy (non-hydrogen) atoms. The molecule has 5 rings (SSSR count). The Balaban J connectivity index is 1.28. The maximum absolute atomic E-state index is 15.3. The number of fused-ring (bicyclic) bond motifs is 1. The van der Waals surface area contributed by atoms with Crippen LogP contribution < -0.4 is 14.4 Å². The lowest BCUT2D eigenvalue weighted by Crippen LogP contribution is -2.54. The number of halogens is 2. The molecule has 0 saturated carbocycles. The summed E-state index contributed by atoms with van der Waals surface area (Å²) >= 11 is 6.14. The lowest BCUT2D eigenvalue weighted by atomic mass is 9.99. The van der Waals surface area contributed by atoms with Crippen LogP contribution >= 0.6 is 11.6 Å². The molecule has 2 amide bonds. The molecule has 1 N–H and O–H groups in total. The fourth-order valence-electron chi connectivity index (χ4n) is 5.06. The summed E-state index contributed by atoms with van der Waals surface area (Å²) in [6.07, 6.45) is 1.76. The largest absolute Gasteiger partial charge is 0.492 e. The molecule has 9 nitrogen and oxygen atoms in total. The van der Waals surface area contributed by atoms with E-state index in [0.717, 1.165) is 0 Å². The minimum absolute atomic E-state index is 0.0363. The molecule has 0 radical (unpaired) electrons. The number of hydrogen-bond acceptors (Lipinski definition) is 6. The van der Waals surface area contributed by atoms with Crippen LogP contribution in [0.15, 0.2) is 54.7 Å². The Morgan fingerprint density at radius 2 is 1.93 bits per heavy atom. The molecule has 0 spiro atoms. The summed E-state index contributed by atoms with van der Waals surface area (Å²) in [6, 6.07) is 12.8. The van der Waals surface area contributed by atoms with E-state index in [2.05, 4.69) is 4.98 Å². The van der Waals surface area contributed by atoms with Crippen LogP contribution in [0.1, 0.15) is 37.0 Å². The van der Waals surface area contributed by atoms with E-state index in [0.29, 0.717) is 59.4 Å². The van der Waals surface area contributed by atoms with Crippen molar-refractivity contribution in [3.05, 3.63) is 71.1 Å². The summed E-state index contributed by atoms with van der Waals surface area (Å²) < 4.78 is 26.6. The van der Waals surface area contributed by atoms with E-state index < -0.39 is 29.7 Å². The zero-order chi connectivity index (χ0) is 29.3. The van der Waals surface area contributed by atoms with Crippen molar-refractivity contribution in [1.29, 1.82) is 0 Å². The van der Waals surface area contributed by atoms with Gasteiger partial charge in [0.15, 0.2) is 6.10 Å². The summed E-state index contributed by atoms with van der Waals surface area (Å²) in [4.78, 5) is 44.9. The first-order valence-corrected chi connectivity index (χ1v) is 13.7. The number of hydrogen-bond donors (Lipinski definition) is 1. The highest BCUT2D eigenvalue weighted by Crippen LogP contribution is 2.37. The van der Waals surface area contributed by atoms with Crippen molar-refractivity contribution in [2.75, 3.05) is 24.6 Å². The molecular formula is C30H29ClFN3O6. The topological polar surface area (TPSA) is 109 Å². The lowest BCUT2D eigenvalue weighted by Gasteiger charge is -2.41. The van der Waals surface area contributed by atoms with Gasteiger partial charge in [0.25, 0.3) is 11.8 Å². The third kappa shape index (κ3) is 5.83. The van der Waals surface area contributed by atoms with E-state index >= 15 is 4.39 Å². The van der Waals surface area contributed by atoms with Gasteiger partial charge in [-0.3, -0.25) is 14.4 Å². The number of piperidine rings is 1. The van der Waals surface area contributed by atoms with Crippen molar-refractivity contribution in [2.45, 2.75) is 38.8 Å². The van der Waals surface area contributed by atoms with Gasteiger partial charge in [-0.2, -0.15) is 0 Å². The van der Waals surface area contributed by atoms with Crippen LogP contribution in [0, 0.1) is 11.7 Å². The third-order valence-corrected chi connectivity index (χ3v) is 7.56. The predicted octanol–water partition coefficient (Wildman–Crippen LogP) is 5.06. The van der Waals surface area contributed by atoms with Crippen molar-refractivity contribution in [3.63, 3.8) is 0 Å². The number of benzene rings is 2. The van der Waals surface area contributed by atoms with Crippen LogP contribution in [0.2, 0.25) is 5.02 Å². The summed E-state index contributed by atoms with van der Waals surface area (Å²) in [5.41, 5.74) is 1.54. The number of aliphatic carboxylic acids is 1. The number of aromatic nitrogens is 1. The van der Waals surface area contributed by atoms with Crippen LogP contribution in [-0.2, 0) is 9.59 Å². The number of pyridine rings is 1. The average molecular weight is 582 g/mol. The minimum atomic E-state index is -0.974. The summed E-state index contributed by atoms with van der Waals surface area (Å²) in [6.45, 7) is 3.85. The molecule has 3 heterocycles. The van der Waals surface area contributed by atoms with Gasteiger partial charge in [-0.15, -0.1) is 0 Å². The van der Waals surface area contributed by atoms with Gasteiger partial charge < -0.3 is 24.4 Å². The molecule has 0 aliphatic carbocycles. The average Bonchev–Trinajstić information content (AvgIpc) is 2.96. The maximum Gasteiger partial charge on any atom is 0.309 e. The molecule has 0 bridgehead atoms. The van der Waals surface area contributed by atoms with Gasteiger partial charge in [-0.1, -0.05) is 35.9 Å². The molecule has 1 fully saturated rings. The van der Waals surface area contributed by atoms with Gasteiger partial charge in [-0.25, -0.2) is 9.37 Å². The summed E-state index contributed by atoms with van der Waals surface area (Å²) in [5, 5.41) is 9.51. The quantitative estimate of drug-likeness (QED) is 0.415. The lowest BCUT2D eigenvalue weighted by molar-refractivity contribution is -0.142. The van der Waals surface area contributed by atoms with Crippen LogP contribution in [0.3, 0.4) is 0 Å². The Hall–Kier alpha value is -4.18. The first-order valence-electron chi connectivity index (χ1n) is 13.3. The highest BCUT2D eigenvalue weighted by atomic mass is 35.5. The van der Waals surface area contributed by atoms with Crippen LogP contribution in [0.4, 0.5) is 10.1 Å². The van der Waals surface area contributed by atoms with Crippen molar-refractivity contribution in [2.24, 2.45) is 5.92 Å². The molecule has 2 aliphatic heterocycles. The zero-order valence-corrected chi connectivity index (χ0v) is 23.3. The van der Waals surface area contributed by atoms with E-state index in [9.17, 15) is 14.4 Å². The van der Waals surface area contributed by atoms with Gasteiger partial charge in [0.2, 0.25) is 5.88 Å². The number of carbonyl (C=O) groups is 3. The minimum Gasteiger partial charge on any atom is -0.492 e. The first kappa shape index (κ1) is 28.4. The fourth-order valence-corrected chi connectivity index (χ4v) is 5.21. The predicted molar refractivity (Wildman–Crippen MR) is 150 cm³/mol. The third-order valence-electron chi connectivity index (χ3n) is 7.36. The second-order valence-corrected chi connectivity index (χ2v) is 10.6. The Morgan fingerprint density at radius 3 is 2.63 bits per heavy atom. The normalized spacial score (nSPS) is 18.0. The number of likely N-dealkylation sites (tertiary alicyclic amines) is 1. The Bertz CT molecular complexity index is 1490. The van der Waals surface area contributed by atoms with Crippen molar-refractivity contribution < 1.29 is 33.4 Å². The van der Waals surface area contributed by atoms with Crippen molar-refractivity contribution in [1.82, 2.24) is 9.88 Å². The van der Waals surface area contributed by atoms with Crippen LogP contribution in [0.25, 0.3) is 11.1 Å². The van der Waals surface area contributed by atoms with Crippen LogP contribution in [-0.4, -0.2) is 64.6 Å². The van der Waals surface area contributed by atoms with Gasteiger partial charge in [-0.05, 0) is 56.5 Å². The number of anilines is 1. The Morgan fingerprint density at radius 1 is 1.20 bits per heavy atom. The monoisotopic (exact) mass is 581 g/mol. The first-order chi connectivity index (χ1) is 19.6. The number of rotatable bonds is 7. The van der Waals surface area contributed by atoms with Crippen molar-refractivity contribution in [3.8, 4) is 22.8 Å². The molecule has 11 heteroatoms. The standard InChI is InChI=1S/C30H29ClFN3O6/c1-17(30(38)39)16-40-26-6-4-3-5-22(26)19-7-8-23(24(32)13-19)29(37)34-11-9-21(10-12-34)35-25-14-20(31)15-33-27(25)41-18(2)28(35)36/h3-8,13-15,17-18,21H,9-12,16H2,1-2H3,(H,38,39)/t17-,18-/m0/s1. The number of carboxylic acid groups (broad SMARTS) is 1. The second-order valence-electron chi connectivity index (χ2n) is 10.2. The zero-order valence-electron chi connectivity index (χ0n) is 22.5. The fraction of sp³-hybridized carbons (Fsp3) is 0.333. The van der Waals surface area contributed by atoms with Crippen molar-refractivity contribution >= 4 is 35.1 Å². The molecule has 1 aromatic heterocycles. The summed E-state index contributed by atoms with van der Waals surface area (Å²) in [5.74, 6) is -2.23. The van der Waals surface area contributed by atoms with E-state index in [1.807, 2.05) is 0 Å². The number of nitrogens with zero attached hydrogens (tertiary/aromatic N) is 3. The molecular weight excluding hydrogens is 553 g/mol. The number of amides is 2. The molecule has 0 unspecified atom stereocenters. The molecule has 1 saturated heterocycles. The Kier molecular flexibility index (Phi) is 8.12. The highest BCUT2D eigenvalue weighted by Gasteiger charge is 2.39. The highest BCUT2D eigenvalue weighted by molar-refractivity contribution is 6.30. The SMILES string of the molecule is C[C@@H]1Oc2ncc(Cl)cc2N(C2CCN(C(=O)c3ccc(-c4ccccc4OC[C@H](C)C(=O)O)cc3F)CC2)C1=O. The van der Waals surface area contributed by atoms with E-state index in [1.165, 1.54) is 18.3 Å². The van der Waals surface area contributed by atoms with E-state index in [-0.39, 0.29) is 24.1 Å². The van der Waals surface area contributed by atoms with Crippen LogP contribution in [0.5, 0.6) is 11.6 Å². The molecule has 2 aromatic carbocycles. The summed E-state index contributed by atoms with van der Waals surface area (Å²) in [7, 11) is 0. The molecule has 2 aliphatic rings.